The zero-order chi connectivity index (χ0) is 19.1. The quantitative estimate of drug-likeness (QED) is 0.759. The Balaban J connectivity index is 1.97. The van der Waals surface area contributed by atoms with E-state index in [9.17, 15) is 19.5 Å². The molecule has 0 aliphatic carbocycles. The first-order chi connectivity index (χ1) is 12.4. The molecule has 0 fully saturated rings. The van der Waals surface area contributed by atoms with E-state index in [0.29, 0.717) is 5.75 Å². The van der Waals surface area contributed by atoms with E-state index in [1.165, 1.54) is 19.2 Å². The first-order valence-electron chi connectivity index (χ1n) is 7.72. The molecule has 0 unspecified atom stereocenters. The van der Waals surface area contributed by atoms with Gasteiger partial charge in [0.1, 0.15) is 12.4 Å². The predicted octanol–water partition coefficient (Wildman–Crippen LogP) is 2.47. The summed E-state index contributed by atoms with van der Waals surface area (Å²) in [6.45, 7) is 1.28. The van der Waals surface area contributed by atoms with E-state index in [4.69, 9.17) is 14.2 Å². The van der Waals surface area contributed by atoms with Crippen LogP contribution in [0.2, 0.25) is 0 Å². The van der Waals surface area contributed by atoms with Gasteiger partial charge in [-0.05, 0) is 43.3 Å². The molecule has 1 atom stereocenters. The maximum Gasteiger partial charge on any atom is 0.348 e. The fraction of sp³-hybridized carbons (Fsp3) is 0.211. The van der Waals surface area contributed by atoms with Gasteiger partial charge in [-0.2, -0.15) is 0 Å². The average Bonchev–Trinajstić information content (AvgIpc) is 2.65. The summed E-state index contributed by atoms with van der Waals surface area (Å²) >= 11 is 0. The van der Waals surface area contributed by atoms with Crippen molar-refractivity contribution in [2.24, 2.45) is 0 Å². The number of rotatable bonds is 7. The third-order valence-corrected chi connectivity index (χ3v) is 3.50. The molecule has 0 saturated heterocycles. The highest BCUT2D eigenvalue weighted by Crippen LogP contribution is 2.13. The minimum atomic E-state index is -1.61. The summed E-state index contributed by atoms with van der Waals surface area (Å²) in [4.78, 5) is 35.3. The van der Waals surface area contributed by atoms with Gasteiger partial charge in [0, 0.05) is 0 Å². The van der Waals surface area contributed by atoms with E-state index in [2.05, 4.69) is 0 Å². The Morgan fingerprint density at radius 1 is 0.923 bits per heavy atom. The number of benzene rings is 2. The van der Waals surface area contributed by atoms with Crippen LogP contribution in [-0.4, -0.2) is 42.8 Å². The Labute approximate surface area is 150 Å². The van der Waals surface area contributed by atoms with Gasteiger partial charge in [-0.15, -0.1) is 0 Å². The smallest absolute Gasteiger partial charge is 0.348 e. The third kappa shape index (κ3) is 5.07. The summed E-state index contributed by atoms with van der Waals surface area (Å²) < 4.78 is 14.8. The van der Waals surface area contributed by atoms with Crippen molar-refractivity contribution in [2.45, 2.75) is 13.0 Å². The molecule has 0 aliphatic rings. The number of carboxylic acids is 1. The normalized spacial score (nSPS) is 11.3. The summed E-state index contributed by atoms with van der Waals surface area (Å²) in [5.74, 6) is -2.41. The van der Waals surface area contributed by atoms with Gasteiger partial charge in [0.05, 0.1) is 18.2 Å². The standard InChI is InChI=1S/C19H18O7/c1-12-3-5-13(6-4-12)18(22)25-11-16(17(20)21)26-19(23)14-7-9-15(24-2)10-8-14/h3-10,16H,11H2,1-2H3,(H,20,21)/t16-/m0/s1. The fourth-order valence-corrected chi connectivity index (χ4v) is 2.00. The van der Waals surface area contributed by atoms with Gasteiger partial charge in [0.15, 0.2) is 0 Å². The van der Waals surface area contributed by atoms with E-state index < -0.39 is 30.6 Å². The number of aliphatic carboxylic acids is 1. The molecular weight excluding hydrogens is 340 g/mol. The number of carboxylic acid groups (broad SMARTS) is 1. The Bertz CT molecular complexity index is 779. The van der Waals surface area contributed by atoms with E-state index in [-0.39, 0.29) is 11.1 Å². The monoisotopic (exact) mass is 358 g/mol. The highest BCUT2D eigenvalue weighted by atomic mass is 16.6. The largest absolute Gasteiger partial charge is 0.497 e. The van der Waals surface area contributed by atoms with Crippen molar-refractivity contribution in [3.63, 3.8) is 0 Å². The van der Waals surface area contributed by atoms with E-state index in [0.717, 1.165) is 5.56 Å². The van der Waals surface area contributed by atoms with Crippen molar-refractivity contribution in [3.05, 3.63) is 65.2 Å². The maximum absolute atomic E-state index is 12.0. The summed E-state index contributed by atoms with van der Waals surface area (Å²) in [7, 11) is 1.48. The molecule has 0 radical (unpaired) electrons. The first-order valence-corrected chi connectivity index (χ1v) is 7.72. The van der Waals surface area contributed by atoms with Crippen LogP contribution in [0.25, 0.3) is 0 Å². The van der Waals surface area contributed by atoms with Crippen LogP contribution in [0.4, 0.5) is 0 Å². The highest BCUT2D eigenvalue weighted by molar-refractivity contribution is 5.92. The van der Waals surface area contributed by atoms with Gasteiger partial charge in [-0.25, -0.2) is 14.4 Å². The number of hydrogen-bond acceptors (Lipinski definition) is 6. The second-order valence-electron chi connectivity index (χ2n) is 5.43. The Kier molecular flexibility index (Phi) is 6.32. The number of esters is 2. The minimum Gasteiger partial charge on any atom is -0.497 e. The molecule has 0 spiro atoms. The molecule has 0 aromatic heterocycles. The summed E-state index contributed by atoms with van der Waals surface area (Å²) in [6, 6.07) is 12.6. The van der Waals surface area contributed by atoms with Crippen LogP contribution in [-0.2, 0) is 14.3 Å². The molecule has 2 aromatic rings. The number of ether oxygens (including phenoxy) is 3. The molecule has 0 heterocycles. The Morgan fingerprint density at radius 2 is 1.46 bits per heavy atom. The van der Waals surface area contributed by atoms with Crippen molar-refractivity contribution in [2.75, 3.05) is 13.7 Å². The molecule has 2 aromatic carbocycles. The molecule has 136 valence electrons. The fourth-order valence-electron chi connectivity index (χ4n) is 2.00. The van der Waals surface area contributed by atoms with Gasteiger partial charge in [-0.3, -0.25) is 0 Å². The number of hydrogen-bond donors (Lipinski definition) is 1. The second kappa shape index (κ2) is 8.66. The van der Waals surface area contributed by atoms with Gasteiger partial charge >= 0.3 is 17.9 Å². The van der Waals surface area contributed by atoms with Crippen LogP contribution in [0.15, 0.2) is 48.5 Å². The number of carbonyl (C=O) groups excluding carboxylic acids is 2. The van der Waals surface area contributed by atoms with Gasteiger partial charge in [0.25, 0.3) is 0 Å². The lowest BCUT2D eigenvalue weighted by molar-refractivity contribution is -0.149. The van der Waals surface area contributed by atoms with Crippen molar-refractivity contribution in [3.8, 4) is 5.75 Å². The molecular formula is C19H18O7. The third-order valence-electron chi connectivity index (χ3n) is 3.50. The van der Waals surface area contributed by atoms with Crippen molar-refractivity contribution in [1.29, 1.82) is 0 Å². The summed E-state index contributed by atoms with van der Waals surface area (Å²) in [6.07, 6.45) is -1.61. The van der Waals surface area contributed by atoms with Crippen LogP contribution in [0.5, 0.6) is 5.75 Å². The Morgan fingerprint density at radius 3 is 2.00 bits per heavy atom. The maximum atomic E-state index is 12.0. The van der Waals surface area contributed by atoms with Crippen LogP contribution < -0.4 is 4.74 Å². The van der Waals surface area contributed by atoms with Crippen LogP contribution in [0.3, 0.4) is 0 Å². The zero-order valence-corrected chi connectivity index (χ0v) is 14.3. The SMILES string of the molecule is COc1ccc(C(=O)O[C@@H](COC(=O)c2ccc(C)cc2)C(=O)O)cc1. The molecule has 0 amide bonds. The van der Waals surface area contributed by atoms with Crippen molar-refractivity contribution in [1.82, 2.24) is 0 Å². The van der Waals surface area contributed by atoms with E-state index >= 15 is 0 Å². The van der Waals surface area contributed by atoms with Gasteiger partial charge in [-0.1, -0.05) is 17.7 Å². The average molecular weight is 358 g/mol. The lowest BCUT2D eigenvalue weighted by Gasteiger charge is -2.14. The van der Waals surface area contributed by atoms with Crippen molar-refractivity contribution >= 4 is 17.9 Å². The first kappa shape index (κ1) is 19.0. The minimum absolute atomic E-state index is 0.155. The van der Waals surface area contributed by atoms with E-state index in [1.54, 1.807) is 36.4 Å². The second-order valence-corrected chi connectivity index (χ2v) is 5.43. The molecule has 0 aliphatic heterocycles. The number of methoxy groups -OCH3 is 1. The topological polar surface area (TPSA) is 99.1 Å². The van der Waals surface area contributed by atoms with Gasteiger partial charge in [0.2, 0.25) is 6.10 Å². The molecule has 2 rings (SSSR count). The summed E-state index contributed by atoms with van der Waals surface area (Å²) in [5, 5.41) is 9.18. The van der Waals surface area contributed by atoms with Crippen LogP contribution >= 0.6 is 0 Å². The highest BCUT2D eigenvalue weighted by Gasteiger charge is 2.25. The molecule has 0 saturated carbocycles. The number of aryl methyl sites for hydroxylation is 1. The molecule has 7 nitrogen and oxygen atoms in total. The number of carbonyl (C=O) groups is 3. The zero-order valence-electron chi connectivity index (χ0n) is 14.3. The van der Waals surface area contributed by atoms with E-state index in [1.807, 2.05) is 6.92 Å². The van der Waals surface area contributed by atoms with Crippen LogP contribution in [0.1, 0.15) is 26.3 Å². The molecule has 7 heteroatoms. The lowest BCUT2D eigenvalue weighted by Crippen LogP contribution is -2.32. The molecule has 26 heavy (non-hydrogen) atoms. The molecule has 0 bridgehead atoms. The van der Waals surface area contributed by atoms with Gasteiger partial charge < -0.3 is 19.3 Å². The summed E-state index contributed by atoms with van der Waals surface area (Å²) in [5.41, 5.74) is 1.40. The van der Waals surface area contributed by atoms with Crippen LogP contribution in [0, 0.1) is 6.92 Å². The Hall–Kier alpha value is -3.35. The van der Waals surface area contributed by atoms with Crippen molar-refractivity contribution < 1.29 is 33.7 Å². The predicted molar refractivity (Wildman–Crippen MR) is 91.3 cm³/mol. The lowest BCUT2D eigenvalue weighted by atomic mass is 10.1. The molecule has 1 N–H and O–H groups in total.